The second kappa shape index (κ2) is 10.6. The summed E-state index contributed by atoms with van der Waals surface area (Å²) in [5, 5.41) is 15.4. The van der Waals surface area contributed by atoms with Crippen LogP contribution in [-0.2, 0) is 22.3 Å². The van der Waals surface area contributed by atoms with Crippen LogP contribution in [0.25, 0.3) is 0 Å². The van der Waals surface area contributed by atoms with Crippen molar-refractivity contribution in [3.63, 3.8) is 0 Å². The lowest BCUT2D eigenvalue weighted by atomic mass is 9.84. The van der Waals surface area contributed by atoms with E-state index < -0.39 is 11.7 Å². The number of aliphatic hydroxyl groups excluding tert-OH is 1. The number of ether oxygens (including phenoxy) is 1. The van der Waals surface area contributed by atoms with Crippen molar-refractivity contribution in [3.8, 4) is 0 Å². The first kappa shape index (κ1) is 23.9. The standard InChI is InChI=1S/C20H29F3N4O3/c1-27(2)17(29)12-25-18(26-13-19(6-8-28)7-9-30-14-19)24-11-15-4-3-5-16(10-15)20(21,22)23/h3-5,10,28H,6-9,11-14H2,1-2H3,(H2,24,25,26). The Kier molecular flexibility index (Phi) is 8.48. The van der Waals surface area contributed by atoms with Gasteiger partial charge in [0.2, 0.25) is 5.91 Å². The summed E-state index contributed by atoms with van der Waals surface area (Å²) >= 11 is 0. The number of carbonyl (C=O) groups is 1. The first-order chi connectivity index (χ1) is 14.1. The van der Waals surface area contributed by atoms with Crippen molar-refractivity contribution < 1.29 is 27.8 Å². The average Bonchev–Trinajstić information content (AvgIpc) is 3.15. The molecule has 0 bridgehead atoms. The predicted octanol–water partition coefficient (Wildman–Crippen LogP) is 1.62. The molecular formula is C20H29F3N4O3. The molecule has 3 N–H and O–H groups in total. The normalized spacial score (nSPS) is 19.6. The van der Waals surface area contributed by atoms with E-state index in [4.69, 9.17) is 4.74 Å². The number of nitrogens with one attached hydrogen (secondary N) is 2. The number of hydrogen-bond acceptors (Lipinski definition) is 4. The van der Waals surface area contributed by atoms with E-state index in [0.29, 0.717) is 37.7 Å². The Morgan fingerprint density at radius 2 is 2.10 bits per heavy atom. The highest BCUT2D eigenvalue weighted by Gasteiger charge is 2.34. The number of aliphatic imine (C=N–C) groups is 1. The van der Waals surface area contributed by atoms with Gasteiger partial charge in [0, 0.05) is 39.3 Å². The minimum atomic E-state index is -4.42. The number of alkyl halides is 3. The quantitative estimate of drug-likeness (QED) is 0.431. The zero-order valence-electron chi connectivity index (χ0n) is 17.3. The molecule has 168 valence electrons. The van der Waals surface area contributed by atoms with Gasteiger partial charge in [-0.15, -0.1) is 0 Å². The first-order valence-electron chi connectivity index (χ1n) is 9.72. The summed E-state index contributed by atoms with van der Waals surface area (Å²) < 4.78 is 44.2. The Bertz CT molecular complexity index is 732. The fraction of sp³-hybridized carbons (Fsp3) is 0.600. The number of aliphatic hydroxyl groups is 1. The summed E-state index contributed by atoms with van der Waals surface area (Å²) in [4.78, 5) is 17.7. The highest BCUT2D eigenvalue weighted by molar-refractivity contribution is 5.86. The Labute approximate surface area is 174 Å². The summed E-state index contributed by atoms with van der Waals surface area (Å²) in [6.07, 6.45) is -3.09. The van der Waals surface area contributed by atoms with Gasteiger partial charge in [-0.1, -0.05) is 12.1 Å². The number of amides is 1. The van der Waals surface area contributed by atoms with E-state index in [9.17, 15) is 23.1 Å². The number of guanidine groups is 1. The fourth-order valence-electron chi connectivity index (χ4n) is 3.09. The Morgan fingerprint density at radius 3 is 2.70 bits per heavy atom. The van der Waals surface area contributed by atoms with E-state index >= 15 is 0 Å². The average molecular weight is 430 g/mol. The van der Waals surface area contributed by atoms with E-state index in [1.54, 1.807) is 20.2 Å². The second-order valence-electron chi connectivity index (χ2n) is 7.63. The number of likely N-dealkylation sites (N-methyl/N-ethyl adjacent to an activating group) is 1. The van der Waals surface area contributed by atoms with Crippen molar-refractivity contribution in [1.29, 1.82) is 0 Å². The molecule has 2 rings (SSSR count). The Morgan fingerprint density at radius 1 is 1.33 bits per heavy atom. The molecule has 0 saturated carbocycles. The van der Waals surface area contributed by atoms with Crippen LogP contribution in [0.2, 0.25) is 0 Å². The lowest BCUT2D eigenvalue weighted by Gasteiger charge is -2.28. The monoisotopic (exact) mass is 430 g/mol. The van der Waals surface area contributed by atoms with Gasteiger partial charge in [0.15, 0.2) is 5.96 Å². The lowest BCUT2D eigenvalue weighted by Crippen LogP contribution is -2.47. The molecule has 1 saturated heterocycles. The van der Waals surface area contributed by atoms with E-state index in [-0.39, 0.29) is 31.0 Å². The zero-order chi connectivity index (χ0) is 22.2. The summed E-state index contributed by atoms with van der Waals surface area (Å²) in [5.74, 6) is 0.143. The molecule has 0 aliphatic carbocycles. The highest BCUT2D eigenvalue weighted by atomic mass is 19.4. The first-order valence-corrected chi connectivity index (χ1v) is 9.72. The van der Waals surface area contributed by atoms with Crippen LogP contribution in [0.3, 0.4) is 0 Å². The second-order valence-corrected chi connectivity index (χ2v) is 7.63. The molecule has 1 heterocycles. The molecule has 1 aliphatic heterocycles. The van der Waals surface area contributed by atoms with Crippen molar-refractivity contribution in [2.75, 3.05) is 47.0 Å². The molecule has 7 nitrogen and oxygen atoms in total. The molecular weight excluding hydrogens is 401 g/mol. The minimum absolute atomic E-state index is 0.00900. The molecule has 30 heavy (non-hydrogen) atoms. The molecule has 1 aromatic rings. The van der Waals surface area contributed by atoms with Gasteiger partial charge in [-0.25, -0.2) is 4.99 Å². The Hall–Kier alpha value is -2.33. The van der Waals surface area contributed by atoms with E-state index in [0.717, 1.165) is 18.6 Å². The molecule has 1 aromatic carbocycles. The third-order valence-corrected chi connectivity index (χ3v) is 5.04. The molecule has 1 aliphatic rings. The van der Waals surface area contributed by atoms with Crippen LogP contribution in [0.15, 0.2) is 29.3 Å². The molecule has 1 fully saturated rings. The largest absolute Gasteiger partial charge is 0.416 e. The maximum atomic E-state index is 12.9. The van der Waals surface area contributed by atoms with Crippen molar-refractivity contribution in [1.82, 2.24) is 15.5 Å². The maximum Gasteiger partial charge on any atom is 0.416 e. The minimum Gasteiger partial charge on any atom is -0.396 e. The van der Waals surface area contributed by atoms with Crippen LogP contribution in [-0.4, -0.2) is 68.9 Å². The smallest absolute Gasteiger partial charge is 0.396 e. The van der Waals surface area contributed by atoms with Crippen molar-refractivity contribution >= 4 is 11.9 Å². The third kappa shape index (κ3) is 7.17. The van der Waals surface area contributed by atoms with Gasteiger partial charge in [-0.05, 0) is 30.5 Å². The SMILES string of the molecule is CN(C)C(=O)CNC(=NCc1cccc(C(F)(F)F)c1)NCC1(CCO)CCOC1. The molecule has 0 radical (unpaired) electrons. The molecule has 0 spiro atoms. The van der Waals surface area contributed by atoms with Crippen LogP contribution in [0.1, 0.15) is 24.0 Å². The van der Waals surface area contributed by atoms with Crippen molar-refractivity contribution in [2.24, 2.45) is 10.4 Å². The van der Waals surface area contributed by atoms with Crippen LogP contribution in [0, 0.1) is 5.41 Å². The predicted molar refractivity (Wildman–Crippen MR) is 107 cm³/mol. The molecule has 1 amide bonds. The van der Waals surface area contributed by atoms with Gasteiger partial charge in [0.05, 0.1) is 25.3 Å². The fourth-order valence-corrected chi connectivity index (χ4v) is 3.09. The number of benzene rings is 1. The number of carbonyl (C=O) groups excluding carboxylic acids is 1. The number of nitrogens with zero attached hydrogens (tertiary/aromatic N) is 2. The van der Waals surface area contributed by atoms with E-state index in [2.05, 4.69) is 15.6 Å². The summed E-state index contributed by atoms with van der Waals surface area (Å²) in [5.41, 5.74) is -0.580. The highest BCUT2D eigenvalue weighted by Crippen LogP contribution is 2.31. The molecule has 1 unspecified atom stereocenters. The van der Waals surface area contributed by atoms with E-state index in [1.165, 1.54) is 11.0 Å². The molecule has 10 heteroatoms. The number of halogens is 3. The molecule has 1 atom stereocenters. The van der Waals surface area contributed by atoms with Gasteiger partial charge >= 0.3 is 6.18 Å². The van der Waals surface area contributed by atoms with Crippen LogP contribution in [0.5, 0.6) is 0 Å². The topological polar surface area (TPSA) is 86.2 Å². The molecule has 0 aromatic heterocycles. The van der Waals surface area contributed by atoms with Gasteiger partial charge in [-0.2, -0.15) is 13.2 Å². The third-order valence-electron chi connectivity index (χ3n) is 5.04. The zero-order valence-corrected chi connectivity index (χ0v) is 17.3. The van der Waals surface area contributed by atoms with Crippen LogP contribution in [0.4, 0.5) is 13.2 Å². The van der Waals surface area contributed by atoms with Gasteiger partial charge in [0.1, 0.15) is 0 Å². The summed E-state index contributed by atoms with van der Waals surface area (Å²) in [7, 11) is 3.26. The number of hydrogen-bond donors (Lipinski definition) is 3. The van der Waals surface area contributed by atoms with Gasteiger partial charge in [0.25, 0.3) is 0 Å². The lowest BCUT2D eigenvalue weighted by molar-refractivity contribution is -0.137. The van der Waals surface area contributed by atoms with Crippen molar-refractivity contribution in [2.45, 2.75) is 25.6 Å². The maximum absolute atomic E-state index is 12.9. The van der Waals surface area contributed by atoms with Crippen LogP contribution < -0.4 is 10.6 Å². The van der Waals surface area contributed by atoms with Gasteiger partial charge in [-0.3, -0.25) is 4.79 Å². The summed E-state index contributed by atoms with van der Waals surface area (Å²) in [6, 6.07) is 4.98. The van der Waals surface area contributed by atoms with E-state index in [1.807, 2.05) is 0 Å². The Balaban J connectivity index is 2.11. The number of rotatable bonds is 8. The summed E-state index contributed by atoms with van der Waals surface area (Å²) in [6.45, 7) is 1.58. The van der Waals surface area contributed by atoms with Crippen LogP contribution >= 0.6 is 0 Å². The van der Waals surface area contributed by atoms with Crippen molar-refractivity contribution in [3.05, 3.63) is 35.4 Å². The van der Waals surface area contributed by atoms with Gasteiger partial charge < -0.3 is 25.4 Å².